The van der Waals surface area contributed by atoms with E-state index in [-0.39, 0.29) is 37.4 Å². The van der Waals surface area contributed by atoms with Crippen LogP contribution in [0.4, 0.5) is 0 Å². The minimum atomic E-state index is -1.34. The molecular weight excluding hydrogens is 1010 g/mol. The van der Waals surface area contributed by atoms with Crippen molar-refractivity contribution in [3.05, 3.63) is 156 Å². The summed E-state index contributed by atoms with van der Waals surface area (Å²) in [6, 6.07) is 45.0. The number of aryl methyl sites for hydroxylation is 1. The molecule has 8 heteroatoms. The van der Waals surface area contributed by atoms with Crippen LogP contribution in [0.25, 0.3) is 83.0 Å². The number of furan rings is 1. The molecule has 343 valence electrons. The number of fused-ring (bicyclic) bond motifs is 7. The normalized spacial score (nSPS) is 12.6. The van der Waals surface area contributed by atoms with Gasteiger partial charge in [0.15, 0.2) is 0 Å². The average Bonchev–Trinajstić information content (AvgIpc) is 3.85. The predicted molar refractivity (Wildman–Crippen MR) is 280 cm³/mol. The maximum atomic E-state index is 6.68. The van der Waals surface area contributed by atoms with Crippen LogP contribution < -0.4 is 5.19 Å². The van der Waals surface area contributed by atoms with Crippen LogP contribution in [0.15, 0.2) is 126 Å². The van der Waals surface area contributed by atoms with Gasteiger partial charge in [0.2, 0.25) is 5.71 Å². The zero-order valence-electron chi connectivity index (χ0n) is 41.0. The van der Waals surface area contributed by atoms with Gasteiger partial charge in [-0.3, -0.25) is 9.97 Å². The third-order valence-corrected chi connectivity index (χ3v) is 15.2. The zero-order valence-corrected chi connectivity index (χ0v) is 44.4. The number of hydrogen-bond acceptors (Lipinski definition) is 5. The van der Waals surface area contributed by atoms with Crippen molar-refractivity contribution in [3.63, 3.8) is 0 Å². The smallest absolute Gasteiger partial charge is 0.216 e. The maximum Gasteiger partial charge on any atom is 0.216 e. The molecule has 0 fully saturated rings. The molecule has 0 amide bonds. The van der Waals surface area contributed by atoms with E-state index in [1.165, 1.54) is 37.9 Å². The van der Waals surface area contributed by atoms with Crippen molar-refractivity contribution in [1.82, 2.24) is 24.5 Å². The van der Waals surface area contributed by atoms with Crippen LogP contribution in [-0.2, 0) is 26.5 Å². The Bertz CT molecular complexity index is 3410. The van der Waals surface area contributed by atoms with E-state index in [1.54, 1.807) is 0 Å². The van der Waals surface area contributed by atoms with E-state index in [0.29, 0.717) is 11.6 Å². The van der Waals surface area contributed by atoms with E-state index >= 15 is 0 Å². The standard InChI is InChI=1S/C41H37N4O.C18H24NSi.Ir/c1-23(2)36-28-15-10-8-13-26(28)27-14-9-11-16-29(27)37(36)45-35-22-42-24(3)21-34(35)43-39(45)32-18-12-17-30-31-19-20-33(25(4)41(5,6)7)44-40(31)46-38(30)32;1-14(2)11-16-12-17(15-9-7-6-8-10-15)19-13-18(16)20(3,4)5;/h8-17,19-23,25H,1-7H3;6-9,12-14H,11H2,1-5H3;/q2*-1;. The summed E-state index contributed by atoms with van der Waals surface area (Å²) in [6.45, 7) is 27.3. The topological polar surface area (TPSA) is 69.6 Å². The first-order valence-electron chi connectivity index (χ1n) is 23.5. The molecule has 0 N–H and O–H groups in total. The molecule has 0 saturated carbocycles. The van der Waals surface area contributed by atoms with Crippen LogP contribution in [0, 0.1) is 30.4 Å². The Morgan fingerprint density at radius 1 is 0.701 bits per heavy atom. The van der Waals surface area contributed by atoms with Crippen molar-refractivity contribution < 1.29 is 24.5 Å². The van der Waals surface area contributed by atoms with Crippen LogP contribution in [0.1, 0.15) is 89.7 Å². The van der Waals surface area contributed by atoms with Crippen molar-refractivity contribution in [3.8, 4) is 28.3 Å². The summed E-state index contributed by atoms with van der Waals surface area (Å²) in [5.74, 6) is 1.95. The summed E-state index contributed by atoms with van der Waals surface area (Å²) in [7, 11) is -1.34. The largest absolute Gasteiger partial charge is 0.486 e. The second kappa shape index (κ2) is 18.7. The maximum absolute atomic E-state index is 6.68. The van der Waals surface area contributed by atoms with Gasteiger partial charge >= 0.3 is 0 Å². The number of rotatable bonds is 8. The molecule has 0 aliphatic heterocycles. The van der Waals surface area contributed by atoms with Crippen molar-refractivity contribution in [2.75, 3.05) is 0 Å². The molecule has 10 aromatic rings. The third kappa shape index (κ3) is 9.16. The van der Waals surface area contributed by atoms with Gasteiger partial charge in [-0.1, -0.05) is 146 Å². The number of benzene rings is 5. The van der Waals surface area contributed by atoms with Crippen LogP contribution in [0.2, 0.25) is 19.6 Å². The molecule has 0 saturated heterocycles. The fourth-order valence-electron chi connectivity index (χ4n) is 9.42. The van der Waals surface area contributed by atoms with Gasteiger partial charge < -0.3 is 14.0 Å². The summed E-state index contributed by atoms with van der Waals surface area (Å²) in [6.07, 6.45) is 5.19. The average molecular weight is 1080 g/mol. The molecule has 1 atom stereocenters. The van der Waals surface area contributed by atoms with E-state index in [2.05, 4.69) is 188 Å². The molecule has 5 aromatic carbocycles. The Morgan fingerprint density at radius 3 is 2.04 bits per heavy atom. The molecule has 0 aliphatic carbocycles. The van der Waals surface area contributed by atoms with Crippen molar-refractivity contribution in [1.29, 1.82) is 0 Å². The van der Waals surface area contributed by atoms with Gasteiger partial charge in [-0.05, 0) is 81.4 Å². The second-order valence-corrected chi connectivity index (χ2v) is 25.9. The molecule has 5 heterocycles. The van der Waals surface area contributed by atoms with Crippen LogP contribution in [0.3, 0.4) is 0 Å². The molecule has 0 bridgehead atoms. The number of aromatic nitrogens is 5. The Morgan fingerprint density at radius 2 is 1.39 bits per heavy atom. The summed E-state index contributed by atoms with van der Waals surface area (Å²) in [5.41, 5.74) is 12.0. The first-order chi connectivity index (χ1) is 31.5. The molecule has 0 spiro atoms. The van der Waals surface area contributed by atoms with Gasteiger partial charge in [0.25, 0.3) is 0 Å². The molecule has 1 unspecified atom stereocenters. The van der Waals surface area contributed by atoms with E-state index in [9.17, 15) is 0 Å². The van der Waals surface area contributed by atoms with Gasteiger partial charge in [-0.2, -0.15) is 0 Å². The Kier molecular flexibility index (Phi) is 13.3. The fraction of sp³-hybridized carbons (Fsp3) is 0.288. The summed E-state index contributed by atoms with van der Waals surface area (Å²) < 4.78 is 8.97. The summed E-state index contributed by atoms with van der Waals surface area (Å²) in [5, 5.41) is 8.37. The Balaban J connectivity index is 0.000000244. The van der Waals surface area contributed by atoms with Crippen molar-refractivity contribution in [2.24, 2.45) is 11.3 Å². The zero-order chi connectivity index (χ0) is 46.7. The third-order valence-electron chi connectivity index (χ3n) is 13.1. The quantitative estimate of drug-likeness (QED) is 0.0861. The van der Waals surface area contributed by atoms with Crippen molar-refractivity contribution in [2.45, 2.75) is 100 Å². The van der Waals surface area contributed by atoms with E-state index in [0.717, 1.165) is 73.5 Å². The number of imidazole rings is 1. The van der Waals surface area contributed by atoms with Gasteiger partial charge in [0.05, 0.1) is 42.4 Å². The van der Waals surface area contributed by atoms with E-state index in [4.69, 9.17) is 19.4 Å². The number of hydrogen-bond donors (Lipinski definition) is 0. The number of nitrogens with zero attached hydrogens (tertiary/aromatic N) is 5. The van der Waals surface area contributed by atoms with Crippen LogP contribution in [0.5, 0.6) is 0 Å². The minimum absolute atomic E-state index is 0. The van der Waals surface area contributed by atoms with Crippen LogP contribution in [-0.4, -0.2) is 32.6 Å². The second-order valence-electron chi connectivity index (χ2n) is 20.8. The molecular formula is C59H61IrN5OSi-2. The molecule has 10 rings (SSSR count). The van der Waals surface area contributed by atoms with Gasteiger partial charge in [0.1, 0.15) is 0 Å². The van der Waals surface area contributed by atoms with Crippen molar-refractivity contribution >= 4 is 67.9 Å². The first kappa shape index (κ1) is 47.7. The molecule has 6 nitrogen and oxygen atoms in total. The van der Waals surface area contributed by atoms with Crippen LogP contribution >= 0.6 is 0 Å². The molecule has 5 aromatic heterocycles. The summed E-state index contributed by atoms with van der Waals surface area (Å²) in [4.78, 5) is 19.8. The fourth-order valence-corrected chi connectivity index (χ4v) is 11.0. The number of pyridine rings is 3. The van der Waals surface area contributed by atoms with Gasteiger partial charge in [-0.25, -0.2) is 4.98 Å². The van der Waals surface area contributed by atoms with E-state index in [1.807, 2.05) is 37.4 Å². The van der Waals surface area contributed by atoms with Gasteiger partial charge in [0, 0.05) is 54.4 Å². The Labute approximate surface area is 410 Å². The van der Waals surface area contributed by atoms with Gasteiger partial charge in [-0.15, -0.1) is 54.1 Å². The molecule has 0 aliphatic rings. The first-order valence-corrected chi connectivity index (χ1v) is 27.0. The SMILES string of the molecule is CC(C)Cc1cc(-c2[c-]cccc2)ncc1[Si](C)(C)C.Cc1cc2nc(-c3[c-]ccc4c3oc3nc(C(C)C(C)(C)C)ccc34)n(-c3c(C(C)C)c4ccccc4c4ccccc34)c2cn1.[Ir]. The van der Waals surface area contributed by atoms with E-state index < -0.39 is 8.07 Å². The molecule has 1 radical (unpaired) electrons. The predicted octanol–water partition coefficient (Wildman–Crippen LogP) is 15.4. The molecule has 67 heavy (non-hydrogen) atoms. The Hall–Kier alpha value is -5.79. The summed E-state index contributed by atoms with van der Waals surface area (Å²) >= 11 is 0. The minimum Gasteiger partial charge on any atom is -0.486 e. The monoisotopic (exact) mass is 1080 g/mol.